The van der Waals surface area contributed by atoms with Crippen LogP contribution in [-0.2, 0) is 36.9 Å². The number of rotatable bonds is 13. The molecule has 0 saturated carbocycles. The van der Waals surface area contributed by atoms with Gasteiger partial charge in [0.15, 0.2) is 6.10 Å². The number of benzene rings is 5. The molecule has 2 heterocycles. The Balaban J connectivity index is 1.26. The van der Waals surface area contributed by atoms with Crippen molar-refractivity contribution in [1.82, 2.24) is 4.90 Å². The molecule has 0 aromatic heterocycles. The second kappa shape index (κ2) is 16.6. The van der Waals surface area contributed by atoms with Gasteiger partial charge >= 0.3 is 11.9 Å². The number of esters is 2. The van der Waals surface area contributed by atoms with Crippen molar-refractivity contribution in [3.05, 3.63) is 179 Å². The highest BCUT2D eigenvalue weighted by atomic mass is 16.6. The number of carbonyl (C=O) groups is 4. The number of ether oxygens (including phenoxy) is 5. The van der Waals surface area contributed by atoms with Gasteiger partial charge < -0.3 is 23.7 Å². The smallest absolute Gasteiger partial charge is 0.338 e. The Kier molecular flexibility index (Phi) is 11.1. The molecular weight excluding hydrogens is 674 g/mol. The molecule has 2 aliphatic rings. The zero-order valence-electron chi connectivity index (χ0n) is 28.7. The lowest BCUT2D eigenvalue weighted by Crippen LogP contribution is -2.65. The van der Waals surface area contributed by atoms with Crippen molar-refractivity contribution in [2.45, 2.75) is 43.7 Å². The van der Waals surface area contributed by atoms with E-state index in [9.17, 15) is 19.2 Å². The molecule has 5 aromatic carbocycles. The summed E-state index contributed by atoms with van der Waals surface area (Å²) < 4.78 is 31.6. The molecule has 1 fully saturated rings. The first-order valence-corrected chi connectivity index (χ1v) is 17.4. The topological polar surface area (TPSA) is 118 Å². The molecule has 0 N–H and O–H groups in total. The van der Waals surface area contributed by atoms with Crippen LogP contribution in [0.25, 0.3) is 0 Å². The Hall–Kier alpha value is -5.94. The summed E-state index contributed by atoms with van der Waals surface area (Å²) in [7, 11) is 0. The molecule has 10 heteroatoms. The number of amides is 2. The van der Waals surface area contributed by atoms with Crippen molar-refractivity contribution in [2.24, 2.45) is 0 Å². The quantitative estimate of drug-likeness (QED) is 0.102. The minimum absolute atomic E-state index is 0.0918. The molecule has 53 heavy (non-hydrogen) atoms. The highest BCUT2D eigenvalue weighted by molar-refractivity contribution is 6.21. The van der Waals surface area contributed by atoms with Gasteiger partial charge in [-0.1, -0.05) is 109 Å². The summed E-state index contributed by atoms with van der Waals surface area (Å²) in [6.07, 6.45) is -4.27. The molecule has 268 valence electrons. The van der Waals surface area contributed by atoms with Crippen LogP contribution < -0.4 is 0 Å². The van der Waals surface area contributed by atoms with Crippen molar-refractivity contribution < 1.29 is 42.9 Å². The highest BCUT2D eigenvalue weighted by Crippen LogP contribution is 2.34. The minimum Gasteiger partial charge on any atom is -0.458 e. The van der Waals surface area contributed by atoms with Gasteiger partial charge in [0.1, 0.15) is 24.9 Å². The Labute approximate surface area is 306 Å². The second-order valence-corrected chi connectivity index (χ2v) is 12.7. The van der Waals surface area contributed by atoms with E-state index in [1.165, 1.54) is 4.90 Å². The lowest BCUT2D eigenvalue weighted by atomic mass is 9.92. The van der Waals surface area contributed by atoms with Gasteiger partial charge in [-0.3, -0.25) is 14.5 Å². The Morgan fingerprint density at radius 1 is 0.604 bits per heavy atom. The predicted octanol–water partition coefficient (Wildman–Crippen LogP) is 6.30. The third kappa shape index (κ3) is 8.10. The Bertz CT molecular complexity index is 1990. The fourth-order valence-corrected chi connectivity index (χ4v) is 6.57. The van der Waals surface area contributed by atoms with E-state index >= 15 is 0 Å². The molecule has 1 saturated heterocycles. The fraction of sp³-hybridized carbons (Fsp3) is 0.209. The van der Waals surface area contributed by atoms with Crippen LogP contribution in [0.3, 0.4) is 0 Å². The van der Waals surface area contributed by atoms with Crippen molar-refractivity contribution in [1.29, 1.82) is 0 Å². The number of hydrogen-bond donors (Lipinski definition) is 0. The van der Waals surface area contributed by atoms with E-state index in [4.69, 9.17) is 23.7 Å². The van der Waals surface area contributed by atoms with Crippen molar-refractivity contribution in [3.63, 3.8) is 0 Å². The van der Waals surface area contributed by atoms with Crippen LogP contribution in [0.2, 0.25) is 0 Å². The molecule has 0 aliphatic carbocycles. The van der Waals surface area contributed by atoms with Crippen LogP contribution in [-0.4, -0.2) is 72.3 Å². The lowest BCUT2D eigenvalue weighted by Gasteiger charge is -2.46. The van der Waals surface area contributed by atoms with Gasteiger partial charge in [-0.25, -0.2) is 9.59 Å². The summed E-state index contributed by atoms with van der Waals surface area (Å²) >= 11 is 0. The van der Waals surface area contributed by atoms with Gasteiger partial charge in [0, 0.05) is 0 Å². The van der Waals surface area contributed by atoms with E-state index < -0.39 is 54.2 Å². The SMILES string of the molecule is O=C(OC[C@@H](OC(=O)c1ccccc1)C1OCC(N2C(=O)c3ccccc3C2=O)C(OCc2ccccc2)C1OCc1ccccc1)c1ccccc1. The zero-order valence-corrected chi connectivity index (χ0v) is 28.7. The molecule has 0 spiro atoms. The number of hydrogen-bond acceptors (Lipinski definition) is 9. The van der Waals surface area contributed by atoms with Gasteiger partial charge in [0.25, 0.3) is 11.8 Å². The Morgan fingerprint density at radius 3 is 1.58 bits per heavy atom. The van der Waals surface area contributed by atoms with Crippen molar-refractivity contribution >= 4 is 23.8 Å². The van der Waals surface area contributed by atoms with Gasteiger partial charge in [0.05, 0.1) is 48.1 Å². The second-order valence-electron chi connectivity index (χ2n) is 12.7. The molecule has 10 nitrogen and oxygen atoms in total. The summed E-state index contributed by atoms with van der Waals surface area (Å²) in [5, 5.41) is 0. The average Bonchev–Trinajstić information content (AvgIpc) is 3.47. The molecular formula is C43H37NO9. The molecule has 0 bridgehead atoms. The lowest BCUT2D eigenvalue weighted by molar-refractivity contribution is -0.228. The Morgan fingerprint density at radius 2 is 1.06 bits per heavy atom. The van der Waals surface area contributed by atoms with Crippen LogP contribution in [0, 0.1) is 0 Å². The number of fused-ring (bicyclic) bond motifs is 1. The van der Waals surface area contributed by atoms with E-state index in [0.29, 0.717) is 5.56 Å². The predicted molar refractivity (Wildman–Crippen MR) is 193 cm³/mol. The minimum atomic E-state index is -1.19. The molecule has 4 unspecified atom stereocenters. The highest BCUT2D eigenvalue weighted by Gasteiger charge is 2.53. The van der Waals surface area contributed by atoms with Crippen LogP contribution in [0.15, 0.2) is 146 Å². The summed E-state index contributed by atoms with van der Waals surface area (Å²) in [5.74, 6) is -2.24. The average molecular weight is 712 g/mol. The maximum atomic E-state index is 13.9. The maximum Gasteiger partial charge on any atom is 0.338 e. The van der Waals surface area contributed by atoms with Crippen molar-refractivity contribution in [2.75, 3.05) is 13.2 Å². The normalized spacial score (nSPS) is 20.0. The summed E-state index contributed by atoms with van der Waals surface area (Å²) in [6.45, 7) is -0.354. The van der Waals surface area contributed by atoms with Gasteiger partial charge in [-0.15, -0.1) is 0 Å². The largest absolute Gasteiger partial charge is 0.458 e. The van der Waals surface area contributed by atoms with E-state index in [2.05, 4.69) is 0 Å². The first-order chi connectivity index (χ1) is 26.0. The molecule has 5 atom stereocenters. The summed E-state index contributed by atoms with van der Waals surface area (Å²) in [5.41, 5.74) is 2.85. The summed E-state index contributed by atoms with van der Waals surface area (Å²) in [6, 6.07) is 41.5. The van der Waals surface area contributed by atoms with Crippen LogP contribution in [0.1, 0.15) is 52.6 Å². The van der Waals surface area contributed by atoms with Gasteiger partial charge in [0.2, 0.25) is 0 Å². The monoisotopic (exact) mass is 711 g/mol. The molecule has 2 amide bonds. The van der Waals surface area contributed by atoms with Crippen molar-refractivity contribution in [3.8, 4) is 0 Å². The van der Waals surface area contributed by atoms with Gasteiger partial charge in [-0.05, 0) is 47.5 Å². The summed E-state index contributed by atoms with van der Waals surface area (Å²) in [4.78, 5) is 55.7. The van der Waals surface area contributed by atoms with Crippen LogP contribution in [0.4, 0.5) is 0 Å². The molecule has 5 aromatic rings. The van der Waals surface area contributed by atoms with E-state index in [1.54, 1.807) is 84.9 Å². The maximum absolute atomic E-state index is 13.9. The third-order valence-electron chi connectivity index (χ3n) is 9.24. The first-order valence-electron chi connectivity index (χ1n) is 17.4. The fourth-order valence-electron chi connectivity index (χ4n) is 6.57. The van der Waals surface area contributed by atoms with E-state index in [1.807, 2.05) is 60.7 Å². The zero-order chi connectivity index (χ0) is 36.6. The first kappa shape index (κ1) is 35.5. The standard InChI is InChI=1S/C43H37NO9/c45-40-33-23-13-14-24-34(33)41(46)44(40)35-27-51-38(39(50-26-30-17-7-2-8-18-30)37(35)49-25-29-15-5-1-6-16-29)36(53-43(48)32-21-11-4-12-22-32)28-52-42(47)31-19-9-3-10-20-31/h1-24,35-39H,25-28H2/t35?,36-,37?,38?,39?/m1/s1. The number of nitrogens with zero attached hydrogens (tertiary/aromatic N) is 1. The molecule has 7 rings (SSSR count). The third-order valence-corrected chi connectivity index (χ3v) is 9.24. The van der Waals surface area contributed by atoms with E-state index in [-0.39, 0.29) is 43.1 Å². The number of carbonyl (C=O) groups excluding carboxylic acids is 4. The van der Waals surface area contributed by atoms with Gasteiger partial charge in [-0.2, -0.15) is 0 Å². The van der Waals surface area contributed by atoms with E-state index in [0.717, 1.165) is 11.1 Å². The van der Waals surface area contributed by atoms with Crippen LogP contribution >= 0.6 is 0 Å². The number of imide groups is 1. The molecule has 0 radical (unpaired) electrons. The molecule has 2 aliphatic heterocycles. The van der Waals surface area contributed by atoms with Crippen LogP contribution in [0.5, 0.6) is 0 Å².